The fourth-order valence-corrected chi connectivity index (χ4v) is 3.12. The van der Waals surface area contributed by atoms with Crippen molar-refractivity contribution in [2.45, 2.75) is 26.0 Å². The number of anilines is 1. The maximum absolute atomic E-state index is 10.3. The maximum atomic E-state index is 10.3. The van der Waals surface area contributed by atoms with Crippen molar-refractivity contribution in [3.05, 3.63) is 58.8 Å². The summed E-state index contributed by atoms with van der Waals surface area (Å²) in [5.41, 5.74) is 4.13. The van der Waals surface area contributed by atoms with Gasteiger partial charge in [0.2, 0.25) is 0 Å². The molecule has 0 saturated carbocycles. The monoisotopic (exact) mass is 322 g/mol. The molecule has 0 aliphatic carbocycles. The Labute approximate surface area is 142 Å². The van der Waals surface area contributed by atoms with Crippen LogP contribution in [-0.2, 0) is 13.0 Å². The quantitative estimate of drug-likeness (QED) is 0.882. The third kappa shape index (κ3) is 4.10. The van der Waals surface area contributed by atoms with Gasteiger partial charge in [0.1, 0.15) is 5.82 Å². The number of fused-ring (bicyclic) bond motifs is 1. The summed E-state index contributed by atoms with van der Waals surface area (Å²) in [6.45, 7) is 4.75. The van der Waals surface area contributed by atoms with Crippen LogP contribution in [0.1, 0.15) is 22.4 Å². The van der Waals surface area contributed by atoms with Crippen molar-refractivity contribution in [2.75, 3.05) is 25.0 Å². The number of hydrogen-bond acceptors (Lipinski definition) is 5. The lowest BCUT2D eigenvalue weighted by Crippen LogP contribution is -2.39. The van der Waals surface area contributed by atoms with Crippen molar-refractivity contribution in [3.63, 3.8) is 0 Å². The molecule has 3 rings (SSSR count). The summed E-state index contributed by atoms with van der Waals surface area (Å²) in [5, 5.41) is 22.4. The van der Waals surface area contributed by atoms with Gasteiger partial charge in [-0.05, 0) is 36.6 Å². The van der Waals surface area contributed by atoms with E-state index in [2.05, 4.69) is 45.5 Å². The highest BCUT2D eigenvalue weighted by Crippen LogP contribution is 2.18. The Balaban J connectivity index is 1.53. The summed E-state index contributed by atoms with van der Waals surface area (Å²) in [5.74, 6) is 0.634. The van der Waals surface area contributed by atoms with E-state index in [-0.39, 0.29) is 0 Å². The summed E-state index contributed by atoms with van der Waals surface area (Å²) in [4.78, 5) is 6.62. The molecule has 0 spiro atoms. The van der Waals surface area contributed by atoms with Crippen molar-refractivity contribution in [1.82, 2.24) is 9.88 Å². The second-order valence-electron chi connectivity index (χ2n) is 6.28. The summed E-state index contributed by atoms with van der Waals surface area (Å²) in [6, 6.07) is 14.1. The molecule has 2 aromatic rings. The lowest BCUT2D eigenvalue weighted by atomic mass is 10.00. The Bertz CT molecular complexity index is 753. The molecule has 2 heterocycles. The molecule has 1 aromatic carbocycles. The third-order valence-electron chi connectivity index (χ3n) is 4.28. The van der Waals surface area contributed by atoms with Crippen molar-refractivity contribution in [1.29, 1.82) is 5.26 Å². The van der Waals surface area contributed by atoms with E-state index < -0.39 is 6.10 Å². The first kappa shape index (κ1) is 16.4. The molecule has 24 heavy (non-hydrogen) atoms. The highest BCUT2D eigenvalue weighted by molar-refractivity contribution is 5.44. The average molecular weight is 322 g/mol. The topological polar surface area (TPSA) is 72.2 Å². The van der Waals surface area contributed by atoms with Gasteiger partial charge in [0, 0.05) is 31.9 Å². The van der Waals surface area contributed by atoms with Crippen molar-refractivity contribution >= 4 is 5.82 Å². The largest absolute Gasteiger partial charge is 0.390 e. The molecule has 0 bridgehead atoms. The van der Waals surface area contributed by atoms with Gasteiger partial charge in [0.25, 0.3) is 0 Å². The molecule has 5 heteroatoms. The third-order valence-corrected chi connectivity index (χ3v) is 4.28. The number of aromatic nitrogens is 1. The Morgan fingerprint density at radius 3 is 2.92 bits per heavy atom. The highest BCUT2D eigenvalue weighted by Gasteiger charge is 2.18. The van der Waals surface area contributed by atoms with Crippen molar-refractivity contribution in [3.8, 4) is 6.07 Å². The van der Waals surface area contributed by atoms with Crippen LogP contribution >= 0.6 is 0 Å². The maximum Gasteiger partial charge on any atom is 0.127 e. The minimum Gasteiger partial charge on any atom is -0.390 e. The molecule has 1 aromatic heterocycles. The summed E-state index contributed by atoms with van der Waals surface area (Å²) in [7, 11) is 0. The minimum absolute atomic E-state index is 0.416. The van der Waals surface area contributed by atoms with E-state index in [1.54, 1.807) is 12.1 Å². The van der Waals surface area contributed by atoms with E-state index >= 15 is 0 Å². The van der Waals surface area contributed by atoms with E-state index in [1.165, 1.54) is 11.1 Å². The number of aliphatic hydroxyl groups excluding tert-OH is 1. The molecular formula is C19H22N4O. The lowest BCUT2D eigenvalue weighted by molar-refractivity contribution is 0.114. The Morgan fingerprint density at radius 1 is 1.33 bits per heavy atom. The highest BCUT2D eigenvalue weighted by atomic mass is 16.3. The van der Waals surface area contributed by atoms with E-state index in [0.717, 1.165) is 25.2 Å². The number of nitriles is 1. The van der Waals surface area contributed by atoms with Gasteiger partial charge in [-0.15, -0.1) is 0 Å². The molecule has 5 nitrogen and oxygen atoms in total. The lowest BCUT2D eigenvalue weighted by Gasteiger charge is -2.30. The van der Waals surface area contributed by atoms with Crippen LogP contribution in [0.25, 0.3) is 0 Å². The van der Waals surface area contributed by atoms with Gasteiger partial charge in [-0.3, -0.25) is 4.90 Å². The van der Waals surface area contributed by atoms with E-state index in [4.69, 9.17) is 5.26 Å². The number of hydrogen-bond donors (Lipinski definition) is 2. The SMILES string of the molecule is Cc1cc(C#N)cc(NC[C@@H](O)CN2CCc3ccccc3C2)n1. The van der Waals surface area contributed by atoms with Gasteiger partial charge < -0.3 is 10.4 Å². The molecule has 124 valence electrons. The van der Waals surface area contributed by atoms with Gasteiger partial charge in [-0.1, -0.05) is 24.3 Å². The first-order valence-corrected chi connectivity index (χ1v) is 8.24. The zero-order chi connectivity index (χ0) is 16.9. The van der Waals surface area contributed by atoms with Gasteiger partial charge in [0.05, 0.1) is 17.7 Å². The number of nitrogens with zero attached hydrogens (tertiary/aromatic N) is 3. The van der Waals surface area contributed by atoms with Gasteiger partial charge in [-0.2, -0.15) is 5.26 Å². The smallest absolute Gasteiger partial charge is 0.127 e. The molecule has 0 saturated heterocycles. The van der Waals surface area contributed by atoms with Crippen LogP contribution in [0.2, 0.25) is 0 Å². The second-order valence-corrected chi connectivity index (χ2v) is 6.28. The Morgan fingerprint density at radius 2 is 2.12 bits per heavy atom. The zero-order valence-corrected chi connectivity index (χ0v) is 13.9. The van der Waals surface area contributed by atoms with Crippen LogP contribution in [0.5, 0.6) is 0 Å². The summed E-state index contributed by atoms with van der Waals surface area (Å²) in [6.07, 6.45) is 0.546. The van der Waals surface area contributed by atoms with Gasteiger partial charge in [0.15, 0.2) is 0 Å². The van der Waals surface area contributed by atoms with Gasteiger partial charge in [-0.25, -0.2) is 4.98 Å². The molecule has 0 radical (unpaired) electrons. The molecule has 2 N–H and O–H groups in total. The van der Waals surface area contributed by atoms with E-state index in [9.17, 15) is 5.11 Å². The standard InChI is InChI=1S/C19H22N4O/c1-14-8-15(10-20)9-19(22-14)21-11-18(24)13-23-7-6-16-4-2-3-5-17(16)12-23/h2-5,8-9,18,24H,6-7,11-13H2,1H3,(H,21,22)/t18-/m1/s1. The Hall–Kier alpha value is -2.42. The molecule has 0 fully saturated rings. The fourth-order valence-electron chi connectivity index (χ4n) is 3.12. The van der Waals surface area contributed by atoms with Crippen LogP contribution in [0.15, 0.2) is 36.4 Å². The molecule has 0 amide bonds. The number of β-amino-alcohol motifs (C(OH)–C–C–N with tert-alkyl or cyclic N) is 1. The van der Waals surface area contributed by atoms with Crippen molar-refractivity contribution in [2.24, 2.45) is 0 Å². The average Bonchev–Trinajstić information content (AvgIpc) is 2.59. The normalized spacial score (nSPS) is 15.4. The summed E-state index contributed by atoms with van der Waals surface area (Å²) >= 11 is 0. The van der Waals surface area contributed by atoms with Crippen LogP contribution in [0.4, 0.5) is 5.82 Å². The molecule has 0 unspecified atom stereocenters. The number of aryl methyl sites for hydroxylation is 1. The van der Waals surface area contributed by atoms with E-state index in [0.29, 0.717) is 24.5 Å². The van der Waals surface area contributed by atoms with Crippen LogP contribution in [0, 0.1) is 18.3 Å². The predicted molar refractivity (Wildman–Crippen MR) is 93.6 cm³/mol. The zero-order valence-electron chi connectivity index (χ0n) is 13.9. The fraction of sp³-hybridized carbons (Fsp3) is 0.368. The predicted octanol–water partition coefficient (Wildman–Crippen LogP) is 2.09. The number of aliphatic hydroxyl groups is 1. The van der Waals surface area contributed by atoms with E-state index in [1.807, 2.05) is 6.92 Å². The minimum atomic E-state index is -0.483. The van der Waals surface area contributed by atoms with Crippen LogP contribution in [-0.4, -0.2) is 40.7 Å². The molecule has 1 aliphatic rings. The molecule has 1 aliphatic heterocycles. The Kier molecular flexibility index (Phi) is 5.09. The van der Waals surface area contributed by atoms with Gasteiger partial charge >= 0.3 is 0 Å². The first-order valence-electron chi connectivity index (χ1n) is 8.24. The molecule has 1 atom stereocenters. The van der Waals surface area contributed by atoms with Crippen LogP contribution in [0.3, 0.4) is 0 Å². The number of benzene rings is 1. The summed E-state index contributed by atoms with van der Waals surface area (Å²) < 4.78 is 0. The number of pyridine rings is 1. The van der Waals surface area contributed by atoms with Crippen molar-refractivity contribution < 1.29 is 5.11 Å². The number of nitrogens with one attached hydrogen (secondary N) is 1. The first-order chi connectivity index (χ1) is 11.6. The second kappa shape index (κ2) is 7.43. The molecular weight excluding hydrogens is 300 g/mol. The number of rotatable bonds is 5. The van der Waals surface area contributed by atoms with Crippen LogP contribution < -0.4 is 5.32 Å².